The van der Waals surface area contributed by atoms with Gasteiger partial charge < -0.3 is 0 Å². The number of benzene rings is 2. The summed E-state index contributed by atoms with van der Waals surface area (Å²) in [6.07, 6.45) is 0. The van der Waals surface area contributed by atoms with Gasteiger partial charge in [0.15, 0.2) is 5.78 Å². The summed E-state index contributed by atoms with van der Waals surface area (Å²) < 4.78 is 59.2. The molecule has 2 aromatic carbocycles. The van der Waals surface area contributed by atoms with E-state index < -0.39 is 36.8 Å². The zero-order valence-corrected chi connectivity index (χ0v) is 11.1. The van der Waals surface area contributed by atoms with E-state index in [2.05, 4.69) is 0 Å². The van der Waals surface area contributed by atoms with Crippen molar-refractivity contribution in [2.45, 2.75) is 4.90 Å². The number of nitrogens with zero attached hydrogens (tertiary/aromatic N) is 1. The van der Waals surface area contributed by atoms with Crippen molar-refractivity contribution in [2.24, 2.45) is 0 Å². The lowest BCUT2D eigenvalue weighted by atomic mass is 10.0. The first kappa shape index (κ1) is 15.2. The van der Waals surface area contributed by atoms with Crippen molar-refractivity contribution in [3.63, 3.8) is 0 Å². The lowest BCUT2D eigenvalue weighted by Crippen LogP contribution is -2.18. The second kappa shape index (κ2) is 5.66. The average molecular weight is 315 g/mol. The Morgan fingerprint density at radius 1 is 1.00 bits per heavy atom. The van der Waals surface area contributed by atoms with Gasteiger partial charge in [-0.05, 0) is 18.2 Å². The molecule has 0 amide bonds. The van der Waals surface area contributed by atoms with Gasteiger partial charge in [-0.15, -0.1) is 0 Å². The summed E-state index contributed by atoms with van der Waals surface area (Å²) in [4.78, 5) is 11.2. The molecule has 0 unspecified atom stereocenters. The van der Waals surface area contributed by atoms with Gasteiger partial charge in [-0.2, -0.15) is 0 Å². The van der Waals surface area contributed by atoms with Crippen LogP contribution in [0, 0.1) is 5.82 Å². The van der Waals surface area contributed by atoms with E-state index in [0.29, 0.717) is 18.2 Å². The van der Waals surface area contributed by atoms with E-state index in [-0.39, 0.29) is 5.56 Å². The first-order valence-electron chi connectivity index (χ1n) is 5.60. The van der Waals surface area contributed by atoms with Crippen molar-refractivity contribution in [3.8, 4) is 0 Å². The highest BCUT2D eigenvalue weighted by molar-refractivity contribution is 7.89. The van der Waals surface area contributed by atoms with E-state index in [0.717, 1.165) is 0 Å². The maximum atomic E-state index is 13.3. The molecule has 0 atom stereocenters. The van der Waals surface area contributed by atoms with Crippen LogP contribution in [0.4, 0.5) is 13.4 Å². The zero-order chi connectivity index (χ0) is 15.6. The molecule has 0 saturated carbocycles. The predicted molar refractivity (Wildman–Crippen MR) is 67.5 cm³/mol. The summed E-state index contributed by atoms with van der Waals surface area (Å²) in [5.74, 6) is -1.77. The number of carbonyl (C=O) groups is 1. The van der Waals surface area contributed by atoms with Gasteiger partial charge in [-0.25, -0.2) is 12.8 Å². The Morgan fingerprint density at radius 2 is 1.62 bits per heavy atom. The Kier molecular flexibility index (Phi) is 4.10. The SMILES string of the molecule is O=C(c1ccccc1)c1cc(F)ccc1S(=O)(=O)N(F)F. The Bertz CT molecular complexity index is 777. The van der Waals surface area contributed by atoms with Crippen molar-refractivity contribution < 1.29 is 26.6 Å². The Balaban J connectivity index is 2.64. The number of halogens is 3. The minimum Gasteiger partial charge on any atom is -0.289 e. The van der Waals surface area contributed by atoms with Gasteiger partial charge in [-0.1, -0.05) is 39.3 Å². The van der Waals surface area contributed by atoms with Gasteiger partial charge in [0.25, 0.3) is 10.0 Å². The van der Waals surface area contributed by atoms with E-state index in [1.54, 1.807) is 6.07 Å². The maximum absolute atomic E-state index is 13.3. The fourth-order valence-electron chi connectivity index (χ4n) is 1.72. The first-order chi connectivity index (χ1) is 9.84. The van der Waals surface area contributed by atoms with Crippen molar-refractivity contribution in [2.75, 3.05) is 0 Å². The second-order valence-corrected chi connectivity index (χ2v) is 5.68. The van der Waals surface area contributed by atoms with E-state index >= 15 is 0 Å². The highest BCUT2D eigenvalue weighted by atomic mass is 32.2. The molecule has 0 aliphatic rings. The Labute approximate surface area is 118 Å². The predicted octanol–water partition coefficient (Wildman–Crippen LogP) is 2.82. The van der Waals surface area contributed by atoms with Crippen LogP contribution in [0.2, 0.25) is 0 Å². The monoisotopic (exact) mass is 315 g/mol. The molecule has 0 bridgehead atoms. The van der Waals surface area contributed by atoms with Crippen LogP contribution < -0.4 is 0 Å². The summed E-state index contributed by atoms with van der Waals surface area (Å²) >= 11 is 0. The lowest BCUT2D eigenvalue weighted by Gasteiger charge is -2.09. The number of ketones is 1. The van der Waals surface area contributed by atoms with Crippen LogP contribution in [-0.4, -0.2) is 19.0 Å². The van der Waals surface area contributed by atoms with Crippen molar-refractivity contribution in [1.82, 2.24) is 4.75 Å². The third-order valence-corrected chi connectivity index (χ3v) is 3.96. The number of hydrogen-bond acceptors (Lipinski definition) is 3. The van der Waals surface area contributed by atoms with Gasteiger partial charge in [0, 0.05) is 11.1 Å². The van der Waals surface area contributed by atoms with Gasteiger partial charge in [0.05, 0.1) is 4.90 Å². The Morgan fingerprint density at radius 3 is 2.19 bits per heavy atom. The van der Waals surface area contributed by atoms with Crippen molar-refractivity contribution in [3.05, 3.63) is 65.5 Å². The molecule has 0 aliphatic carbocycles. The largest absolute Gasteiger partial charge is 0.297 e. The van der Waals surface area contributed by atoms with Crippen LogP contribution in [0.1, 0.15) is 15.9 Å². The van der Waals surface area contributed by atoms with Crippen LogP contribution in [0.3, 0.4) is 0 Å². The fourth-order valence-corrected chi connectivity index (χ4v) is 2.54. The topological polar surface area (TPSA) is 54.5 Å². The summed E-state index contributed by atoms with van der Waals surface area (Å²) in [5, 5.41) is 0. The maximum Gasteiger partial charge on any atom is 0.297 e. The molecule has 0 aliphatic heterocycles. The molecule has 0 radical (unpaired) electrons. The van der Waals surface area contributed by atoms with Crippen molar-refractivity contribution >= 4 is 15.8 Å². The smallest absolute Gasteiger partial charge is 0.289 e. The molecule has 0 spiro atoms. The van der Waals surface area contributed by atoms with E-state index in [1.807, 2.05) is 0 Å². The van der Waals surface area contributed by atoms with Gasteiger partial charge >= 0.3 is 0 Å². The molecule has 110 valence electrons. The van der Waals surface area contributed by atoms with Crippen LogP contribution in [0.15, 0.2) is 53.4 Å². The number of sulfonamides is 1. The molecule has 0 fully saturated rings. The van der Waals surface area contributed by atoms with Gasteiger partial charge in [0.2, 0.25) is 0 Å². The summed E-state index contributed by atoms with van der Waals surface area (Å²) in [7, 11) is -5.16. The lowest BCUT2D eigenvalue weighted by molar-refractivity contribution is -0.0538. The third-order valence-electron chi connectivity index (χ3n) is 2.68. The van der Waals surface area contributed by atoms with E-state index in [4.69, 9.17) is 0 Å². The highest BCUT2D eigenvalue weighted by Gasteiger charge is 2.30. The molecule has 0 aromatic heterocycles. The third kappa shape index (κ3) is 2.96. The molecule has 2 rings (SSSR count). The number of rotatable bonds is 4. The minimum atomic E-state index is -5.16. The van der Waals surface area contributed by atoms with Gasteiger partial charge in [-0.3, -0.25) is 4.79 Å². The van der Waals surface area contributed by atoms with E-state index in [9.17, 15) is 26.6 Å². The molecule has 21 heavy (non-hydrogen) atoms. The minimum absolute atomic E-state index is 0.0591. The second-order valence-electron chi connectivity index (χ2n) is 4.01. The molecule has 4 nitrogen and oxygen atoms in total. The molecule has 0 N–H and O–H groups in total. The van der Waals surface area contributed by atoms with Crippen LogP contribution in [0.25, 0.3) is 0 Å². The van der Waals surface area contributed by atoms with Crippen LogP contribution in [0.5, 0.6) is 0 Å². The average Bonchev–Trinajstić information content (AvgIpc) is 2.46. The molecular weight excluding hydrogens is 307 g/mol. The molecular formula is C13H8F3NO3S. The Hall–Kier alpha value is -2.19. The number of hydrogen-bond donors (Lipinski definition) is 0. The molecule has 8 heteroatoms. The normalized spacial score (nSPS) is 11.6. The summed E-state index contributed by atoms with van der Waals surface area (Å²) in [6, 6.07) is 9.31. The van der Waals surface area contributed by atoms with Crippen LogP contribution in [-0.2, 0) is 10.0 Å². The standard InChI is InChI=1S/C13H8F3NO3S/c14-10-6-7-12(21(19,20)17(15)16)11(8-10)13(18)9-4-2-1-3-5-9/h1-8H. The fraction of sp³-hybridized carbons (Fsp3) is 0. The first-order valence-corrected chi connectivity index (χ1v) is 7.04. The number of carbonyl (C=O) groups excluding carboxylic acids is 1. The van der Waals surface area contributed by atoms with Gasteiger partial charge in [0.1, 0.15) is 10.6 Å². The summed E-state index contributed by atoms with van der Waals surface area (Å²) in [6.45, 7) is 0. The zero-order valence-electron chi connectivity index (χ0n) is 10.3. The quantitative estimate of drug-likeness (QED) is 0.644. The molecule has 0 heterocycles. The molecule has 2 aromatic rings. The van der Waals surface area contributed by atoms with Crippen molar-refractivity contribution in [1.29, 1.82) is 0 Å². The summed E-state index contributed by atoms with van der Waals surface area (Å²) in [5.41, 5.74) is -0.592. The van der Waals surface area contributed by atoms with Crippen LogP contribution >= 0.6 is 0 Å². The highest BCUT2D eigenvalue weighted by Crippen LogP contribution is 2.24. The molecule has 0 saturated heterocycles. The van der Waals surface area contributed by atoms with E-state index in [1.165, 1.54) is 24.3 Å².